The van der Waals surface area contributed by atoms with Crippen molar-refractivity contribution in [3.8, 4) is 5.75 Å². The number of rotatable bonds is 2. The second-order valence-corrected chi connectivity index (χ2v) is 5.04. The number of hydrogen-bond acceptors (Lipinski definition) is 3. The molecule has 1 aliphatic carbocycles. The van der Waals surface area contributed by atoms with Gasteiger partial charge in [-0.15, -0.1) is 0 Å². The van der Waals surface area contributed by atoms with Gasteiger partial charge in [0.05, 0.1) is 7.11 Å². The van der Waals surface area contributed by atoms with Crippen LogP contribution < -0.4 is 10.1 Å². The van der Waals surface area contributed by atoms with E-state index in [4.69, 9.17) is 4.74 Å². The summed E-state index contributed by atoms with van der Waals surface area (Å²) >= 11 is 3.37. The van der Waals surface area contributed by atoms with Crippen molar-refractivity contribution in [3.63, 3.8) is 0 Å². The summed E-state index contributed by atoms with van der Waals surface area (Å²) in [6.07, 6.45) is 5.38. The van der Waals surface area contributed by atoms with Crippen LogP contribution >= 0.6 is 15.9 Å². The summed E-state index contributed by atoms with van der Waals surface area (Å²) in [5, 5.41) is 3.43. The lowest BCUT2D eigenvalue weighted by Gasteiger charge is -2.31. The Labute approximate surface area is 103 Å². The Bertz CT molecular complexity index is 458. The fourth-order valence-electron chi connectivity index (χ4n) is 2.34. The van der Waals surface area contributed by atoms with Gasteiger partial charge < -0.3 is 10.1 Å². The predicted octanol–water partition coefficient (Wildman–Crippen LogP) is 2.23. The molecule has 0 bridgehead atoms. The fraction of sp³-hybridized carbons (Fsp3) is 0.417. The van der Waals surface area contributed by atoms with Crippen LogP contribution in [0.2, 0.25) is 0 Å². The summed E-state index contributed by atoms with van der Waals surface area (Å²) in [7, 11) is 1.67. The number of aromatic nitrogens is 1. The molecule has 0 amide bonds. The summed E-state index contributed by atoms with van der Waals surface area (Å²) < 4.78 is 6.02. The molecule has 0 spiro atoms. The molecular formula is C12H13BrN2O. The van der Waals surface area contributed by atoms with Gasteiger partial charge in [-0.25, -0.2) is 4.98 Å². The third-order valence-electron chi connectivity index (χ3n) is 3.39. The Hall–Kier alpha value is -0.870. The number of halogens is 1. The van der Waals surface area contributed by atoms with Crippen LogP contribution in [0.3, 0.4) is 0 Å². The number of hydrogen-bond donors (Lipinski definition) is 1. The summed E-state index contributed by atoms with van der Waals surface area (Å²) in [6.45, 7) is 1.12. The molecule has 16 heavy (non-hydrogen) atoms. The van der Waals surface area contributed by atoms with Crippen LogP contribution in [0.4, 0.5) is 0 Å². The van der Waals surface area contributed by atoms with Crippen molar-refractivity contribution in [1.82, 2.24) is 10.3 Å². The van der Waals surface area contributed by atoms with Gasteiger partial charge in [0.1, 0.15) is 4.60 Å². The smallest absolute Gasteiger partial charge is 0.152 e. The molecule has 1 aromatic rings. The molecule has 2 aliphatic rings. The zero-order valence-corrected chi connectivity index (χ0v) is 10.6. The molecule has 0 unspecified atom stereocenters. The van der Waals surface area contributed by atoms with E-state index in [1.807, 2.05) is 12.3 Å². The second-order valence-electron chi connectivity index (χ2n) is 4.29. The predicted molar refractivity (Wildman–Crippen MR) is 66.4 cm³/mol. The molecule has 1 aromatic heterocycles. The highest BCUT2D eigenvalue weighted by atomic mass is 79.9. The molecule has 1 N–H and O–H groups in total. The average Bonchev–Trinajstić information content (AvgIpc) is 2.56. The first-order valence-electron chi connectivity index (χ1n) is 5.42. The number of pyridine rings is 1. The van der Waals surface area contributed by atoms with Gasteiger partial charge in [-0.3, -0.25) is 0 Å². The van der Waals surface area contributed by atoms with Crippen LogP contribution in [0.25, 0.3) is 5.57 Å². The van der Waals surface area contributed by atoms with E-state index in [2.05, 4.69) is 32.3 Å². The van der Waals surface area contributed by atoms with E-state index in [0.717, 1.165) is 29.2 Å². The molecular weight excluding hydrogens is 268 g/mol. The second kappa shape index (κ2) is 3.86. The van der Waals surface area contributed by atoms with Gasteiger partial charge in [-0.05, 0) is 39.6 Å². The first-order valence-corrected chi connectivity index (χ1v) is 6.21. The highest BCUT2D eigenvalue weighted by Gasteiger charge is 2.34. The zero-order chi connectivity index (χ0) is 11.1. The topological polar surface area (TPSA) is 34.1 Å². The fourth-order valence-corrected chi connectivity index (χ4v) is 2.72. The van der Waals surface area contributed by atoms with Gasteiger partial charge in [-0.2, -0.15) is 0 Å². The van der Waals surface area contributed by atoms with Gasteiger partial charge in [0.15, 0.2) is 5.75 Å². The minimum absolute atomic E-state index is 0.657. The third kappa shape index (κ3) is 1.57. The molecule has 3 rings (SSSR count). The molecule has 2 atom stereocenters. The first kappa shape index (κ1) is 10.3. The molecule has 84 valence electrons. The minimum atomic E-state index is 0.657. The van der Waals surface area contributed by atoms with E-state index in [1.54, 1.807) is 7.11 Å². The van der Waals surface area contributed by atoms with Crippen molar-refractivity contribution < 1.29 is 4.74 Å². The Morgan fingerprint density at radius 2 is 2.44 bits per heavy atom. The average molecular weight is 281 g/mol. The highest BCUT2D eigenvalue weighted by Crippen LogP contribution is 2.37. The lowest BCUT2D eigenvalue weighted by molar-refractivity contribution is 0.306. The van der Waals surface area contributed by atoms with Crippen LogP contribution in [0.15, 0.2) is 22.9 Å². The van der Waals surface area contributed by atoms with E-state index < -0.39 is 0 Å². The van der Waals surface area contributed by atoms with Crippen LogP contribution in [-0.4, -0.2) is 24.7 Å². The molecule has 0 aromatic carbocycles. The summed E-state index contributed by atoms with van der Waals surface area (Å²) in [4.78, 5) is 4.30. The van der Waals surface area contributed by atoms with Gasteiger partial charge in [0, 0.05) is 24.7 Å². The Morgan fingerprint density at radius 1 is 1.56 bits per heavy atom. The van der Waals surface area contributed by atoms with E-state index in [0.29, 0.717) is 6.04 Å². The maximum Gasteiger partial charge on any atom is 0.152 e. The Balaban J connectivity index is 1.92. The summed E-state index contributed by atoms with van der Waals surface area (Å²) in [5.41, 5.74) is 2.56. The Morgan fingerprint density at radius 3 is 3.00 bits per heavy atom. The monoisotopic (exact) mass is 280 g/mol. The summed E-state index contributed by atoms with van der Waals surface area (Å²) in [6, 6.07) is 2.71. The van der Waals surface area contributed by atoms with Crippen molar-refractivity contribution in [1.29, 1.82) is 0 Å². The Kier molecular flexibility index (Phi) is 2.48. The van der Waals surface area contributed by atoms with Crippen LogP contribution in [-0.2, 0) is 0 Å². The molecule has 1 saturated heterocycles. The lowest BCUT2D eigenvalue weighted by atomic mass is 9.95. The van der Waals surface area contributed by atoms with E-state index in [9.17, 15) is 0 Å². The lowest BCUT2D eigenvalue weighted by Crippen LogP contribution is -2.49. The molecule has 1 fully saturated rings. The van der Waals surface area contributed by atoms with Crippen molar-refractivity contribution in [2.24, 2.45) is 5.92 Å². The number of ether oxygens (including phenoxy) is 1. The van der Waals surface area contributed by atoms with E-state index in [-0.39, 0.29) is 0 Å². The molecule has 0 saturated carbocycles. The quantitative estimate of drug-likeness (QED) is 0.844. The van der Waals surface area contributed by atoms with Crippen LogP contribution in [0.5, 0.6) is 5.75 Å². The van der Waals surface area contributed by atoms with E-state index >= 15 is 0 Å². The van der Waals surface area contributed by atoms with Gasteiger partial charge in [0.25, 0.3) is 0 Å². The molecule has 1 aliphatic heterocycles. The van der Waals surface area contributed by atoms with Gasteiger partial charge in [-0.1, -0.05) is 6.08 Å². The van der Waals surface area contributed by atoms with Crippen molar-refractivity contribution in [2.45, 2.75) is 12.5 Å². The number of nitrogens with zero attached hydrogens (tertiary/aromatic N) is 1. The minimum Gasteiger partial charge on any atom is -0.494 e. The van der Waals surface area contributed by atoms with Crippen molar-refractivity contribution in [3.05, 3.63) is 28.5 Å². The summed E-state index contributed by atoms with van der Waals surface area (Å²) in [5.74, 6) is 1.52. The molecule has 4 heteroatoms. The van der Waals surface area contributed by atoms with Crippen molar-refractivity contribution >= 4 is 21.5 Å². The standard InChI is InChI=1S/C12H13BrN2O/c1-16-11-4-8(5-15-12(11)13)7-2-9-6-14-10(9)3-7/h2,4-5,9-10,14H,3,6H2,1H3/t9-,10-/m0/s1. The van der Waals surface area contributed by atoms with Gasteiger partial charge >= 0.3 is 0 Å². The van der Waals surface area contributed by atoms with Crippen molar-refractivity contribution in [2.75, 3.05) is 13.7 Å². The first-order chi connectivity index (χ1) is 7.78. The third-order valence-corrected chi connectivity index (χ3v) is 3.98. The van der Waals surface area contributed by atoms with Gasteiger partial charge in [0.2, 0.25) is 0 Å². The highest BCUT2D eigenvalue weighted by molar-refractivity contribution is 9.10. The number of fused-ring (bicyclic) bond motifs is 1. The van der Waals surface area contributed by atoms with Crippen LogP contribution in [0, 0.1) is 5.92 Å². The number of nitrogens with one attached hydrogen (secondary N) is 1. The molecule has 3 nitrogen and oxygen atoms in total. The zero-order valence-electron chi connectivity index (χ0n) is 9.03. The largest absolute Gasteiger partial charge is 0.494 e. The maximum absolute atomic E-state index is 5.26. The normalized spacial score (nSPS) is 27.0. The number of methoxy groups -OCH3 is 1. The van der Waals surface area contributed by atoms with Crippen LogP contribution in [0.1, 0.15) is 12.0 Å². The maximum atomic E-state index is 5.26. The molecule has 0 radical (unpaired) electrons. The van der Waals surface area contributed by atoms with E-state index in [1.165, 1.54) is 11.1 Å². The molecule has 2 heterocycles. The SMILES string of the molecule is COc1cc(C2=C[C@H]3CN[C@H]3C2)cnc1Br.